The van der Waals surface area contributed by atoms with E-state index in [1.807, 2.05) is 0 Å². The van der Waals surface area contributed by atoms with Crippen LogP contribution in [-0.2, 0) is 21.2 Å². The number of sulfonamides is 1. The quantitative estimate of drug-likeness (QED) is 0.556. The number of methoxy groups -OCH3 is 1. The van der Waals surface area contributed by atoms with Crippen molar-refractivity contribution < 1.29 is 17.9 Å². The lowest BCUT2D eigenvalue weighted by Gasteiger charge is -2.25. The number of tetrazole rings is 1. The molecule has 32 heavy (non-hydrogen) atoms. The van der Waals surface area contributed by atoms with Gasteiger partial charge in [-0.1, -0.05) is 6.42 Å². The van der Waals surface area contributed by atoms with E-state index in [-0.39, 0.29) is 16.5 Å². The molecule has 0 aliphatic carbocycles. The number of hydrogen-bond acceptors (Lipinski definition) is 8. The molecule has 1 N–H and O–H groups in total. The molecule has 12 heteroatoms. The molecule has 170 valence electrons. The second-order valence-electron chi connectivity index (χ2n) is 7.43. The van der Waals surface area contributed by atoms with Crippen molar-refractivity contribution in [2.24, 2.45) is 0 Å². The highest BCUT2D eigenvalue weighted by molar-refractivity contribution is 7.91. The maximum atomic E-state index is 12.8. The third-order valence-corrected chi connectivity index (χ3v) is 8.65. The summed E-state index contributed by atoms with van der Waals surface area (Å²) in [5.41, 5.74) is 1.15. The van der Waals surface area contributed by atoms with Crippen LogP contribution >= 0.6 is 11.3 Å². The fraction of sp³-hybridized carbons (Fsp3) is 0.400. The first-order valence-corrected chi connectivity index (χ1v) is 12.5. The van der Waals surface area contributed by atoms with E-state index >= 15 is 0 Å². The Morgan fingerprint density at radius 2 is 1.97 bits per heavy atom. The number of benzene rings is 1. The smallest absolute Gasteiger partial charge is 0.252 e. The molecule has 2 aromatic heterocycles. The Balaban J connectivity index is 1.46. The first kappa shape index (κ1) is 22.4. The number of carbonyl (C=O) groups excluding carboxylic acids is 1. The standard InChI is InChI=1S/C20H24N6O4S2/c1-14-22-23-24-26(14)17-12-15(6-8-18(17)30-2)21-19(27)13-16-7-9-20(31-16)32(28,29)25-10-4-3-5-11-25/h6-9,12H,3-5,10-11,13H2,1-2H3,(H,21,27). The van der Waals surface area contributed by atoms with Gasteiger partial charge in [-0.05, 0) is 60.5 Å². The van der Waals surface area contributed by atoms with Gasteiger partial charge >= 0.3 is 0 Å². The number of carbonyl (C=O) groups is 1. The Morgan fingerprint density at radius 1 is 1.19 bits per heavy atom. The summed E-state index contributed by atoms with van der Waals surface area (Å²) >= 11 is 1.14. The molecular formula is C20H24N6O4S2. The van der Waals surface area contributed by atoms with Crippen molar-refractivity contribution >= 4 is 33.0 Å². The Morgan fingerprint density at radius 3 is 2.66 bits per heavy atom. The van der Waals surface area contributed by atoms with E-state index in [0.29, 0.717) is 40.9 Å². The molecule has 1 aliphatic rings. The minimum atomic E-state index is -3.49. The molecule has 1 saturated heterocycles. The molecule has 3 aromatic rings. The second kappa shape index (κ2) is 9.35. The lowest BCUT2D eigenvalue weighted by atomic mass is 10.2. The summed E-state index contributed by atoms with van der Waals surface area (Å²) in [6.45, 7) is 2.87. The normalized spacial score (nSPS) is 14.9. The minimum absolute atomic E-state index is 0.0749. The third-order valence-electron chi connectivity index (χ3n) is 5.20. The van der Waals surface area contributed by atoms with Gasteiger partial charge in [-0.2, -0.15) is 8.99 Å². The highest BCUT2D eigenvalue weighted by Crippen LogP contribution is 2.29. The number of piperidine rings is 1. The summed E-state index contributed by atoms with van der Waals surface area (Å²) < 4.78 is 34.4. The van der Waals surface area contributed by atoms with E-state index in [2.05, 4.69) is 20.8 Å². The van der Waals surface area contributed by atoms with Crippen LogP contribution in [0.5, 0.6) is 5.75 Å². The molecule has 0 unspecified atom stereocenters. The summed E-state index contributed by atoms with van der Waals surface area (Å²) in [5, 5.41) is 14.3. The Labute approximate surface area is 190 Å². The molecule has 0 atom stereocenters. The number of nitrogens with one attached hydrogen (secondary N) is 1. The number of ether oxygens (including phenoxy) is 1. The molecule has 10 nitrogen and oxygen atoms in total. The van der Waals surface area contributed by atoms with E-state index in [9.17, 15) is 13.2 Å². The molecule has 0 spiro atoms. The number of aromatic nitrogens is 4. The molecule has 0 radical (unpaired) electrons. The lowest BCUT2D eigenvalue weighted by Crippen LogP contribution is -2.35. The van der Waals surface area contributed by atoms with E-state index in [1.165, 1.54) is 8.99 Å². The molecule has 1 aromatic carbocycles. The van der Waals surface area contributed by atoms with Crippen LogP contribution in [0.2, 0.25) is 0 Å². The molecule has 0 saturated carbocycles. The summed E-state index contributed by atoms with van der Waals surface area (Å²) in [7, 11) is -1.95. The molecule has 4 rings (SSSR count). The van der Waals surface area contributed by atoms with Crippen molar-refractivity contribution in [2.75, 3.05) is 25.5 Å². The summed E-state index contributed by atoms with van der Waals surface area (Å²) in [5.74, 6) is 0.885. The van der Waals surface area contributed by atoms with Crippen LogP contribution in [0.15, 0.2) is 34.5 Å². The van der Waals surface area contributed by atoms with Gasteiger partial charge in [0.1, 0.15) is 15.6 Å². The molecule has 1 fully saturated rings. The molecular weight excluding hydrogens is 452 g/mol. The maximum absolute atomic E-state index is 12.8. The number of rotatable bonds is 7. The van der Waals surface area contributed by atoms with E-state index < -0.39 is 10.0 Å². The van der Waals surface area contributed by atoms with Crippen LogP contribution < -0.4 is 10.1 Å². The zero-order valence-electron chi connectivity index (χ0n) is 17.8. The fourth-order valence-electron chi connectivity index (χ4n) is 3.58. The van der Waals surface area contributed by atoms with Crippen molar-refractivity contribution in [1.82, 2.24) is 24.5 Å². The average molecular weight is 477 g/mol. The highest BCUT2D eigenvalue weighted by atomic mass is 32.2. The largest absolute Gasteiger partial charge is 0.494 e. The van der Waals surface area contributed by atoms with Gasteiger partial charge in [0, 0.05) is 23.7 Å². The fourth-order valence-corrected chi connectivity index (χ4v) is 6.60. The summed E-state index contributed by atoms with van der Waals surface area (Å²) in [6, 6.07) is 8.45. The first-order chi connectivity index (χ1) is 15.4. The van der Waals surface area contributed by atoms with Gasteiger partial charge in [-0.3, -0.25) is 4.79 Å². The van der Waals surface area contributed by atoms with Crippen LogP contribution in [0.25, 0.3) is 5.69 Å². The second-order valence-corrected chi connectivity index (χ2v) is 10.8. The number of amides is 1. The van der Waals surface area contributed by atoms with Gasteiger partial charge in [-0.15, -0.1) is 16.4 Å². The minimum Gasteiger partial charge on any atom is -0.494 e. The van der Waals surface area contributed by atoms with Gasteiger partial charge in [0.2, 0.25) is 5.91 Å². The van der Waals surface area contributed by atoms with Gasteiger partial charge in [0.15, 0.2) is 5.82 Å². The van der Waals surface area contributed by atoms with Crippen LogP contribution in [0, 0.1) is 6.92 Å². The molecule has 0 bridgehead atoms. The number of aryl methyl sites for hydroxylation is 1. The molecule has 1 amide bonds. The summed E-state index contributed by atoms with van der Waals surface area (Å²) in [4.78, 5) is 13.3. The van der Waals surface area contributed by atoms with Crippen molar-refractivity contribution in [2.45, 2.75) is 36.8 Å². The Kier molecular flexibility index (Phi) is 6.53. The highest BCUT2D eigenvalue weighted by Gasteiger charge is 2.27. The zero-order valence-corrected chi connectivity index (χ0v) is 19.4. The third kappa shape index (κ3) is 4.66. The van der Waals surface area contributed by atoms with Crippen molar-refractivity contribution in [3.8, 4) is 11.4 Å². The Bertz CT molecular complexity index is 1210. The lowest BCUT2D eigenvalue weighted by molar-refractivity contribution is -0.115. The zero-order chi connectivity index (χ0) is 22.7. The van der Waals surface area contributed by atoms with Crippen LogP contribution in [0.1, 0.15) is 30.0 Å². The van der Waals surface area contributed by atoms with Crippen LogP contribution in [0.4, 0.5) is 5.69 Å². The average Bonchev–Trinajstić information content (AvgIpc) is 3.43. The van der Waals surface area contributed by atoms with Gasteiger partial charge in [0.25, 0.3) is 10.0 Å². The monoisotopic (exact) mass is 476 g/mol. The van der Waals surface area contributed by atoms with Crippen LogP contribution in [0.3, 0.4) is 0 Å². The van der Waals surface area contributed by atoms with Crippen LogP contribution in [-0.4, -0.2) is 59.0 Å². The number of anilines is 1. The van der Waals surface area contributed by atoms with Crippen molar-refractivity contribution in [3.05, 3.63) is 41.0 Å². The number of thiophene rings is 1. The molecule has 3 heterocycles. The van der Waals surface area contributed by atoms with E-state index in [0.717, 1.165) is 30.6 Å². The number of nitrogens with zero attached hydrogens (tertiary/aromatic N) is 5. The van der Waals surface area contributed by atoms with Gasteiger partial charge in [-0.25, -0.2) is 8.42 Å². The predicted molar refractivity (Wildman–Crippen MR) is 120 cm³/mol. The van der Waals surface area contributed by atoms with Gasteiger partial charge in [0.05, 0.1) is 13.5 Å². The number of hydrogen-bond donors (Lipinski definition) is 1. The van der Waals surface area contributed by atoms with Gasteiger partial charge < -0.3 is 10.1 Å². The topological polar surface area (TPSA) is 119 Å². The molecule has 1 aliphatic heterocycles. The Hall–Kier alpha value is -2.83. The first-order valence-electron chi connectivity index (χ1n) is 10.2. The van der Waals surface area contributed by atoms with E-state index in [1.54, 1.807) is 44.4 Å². The van der Waals surface area contributed by atoms with Crippen molar-refractivity contribution in [1.29, 1.82) is 0 Å². The van der Waals surface area contributed by atoms with E-state index in [4.69, 9.17) is 4.74 Å². The predicted octanol–water partition coefficient (Wildman–Crippen LogP) is 2.40. The maximum Gasteiger partial charge on any atom is 0.252 e. The SMILES string of the molecule is COc1ccc(NC(=O)Cc2ccc(S(=O)(=O)N3CCCCC3)s2)cc1-n1nnnc1C. The van der Waals surface area contributed by atoms with Crippen molar-refractivity contribution in [3.63, 3.8) is 0 Å². The summed E-state index contributed by atoms with van der Waals surface area (Å²) in [6.07, 6.45) is 2.90.